The number of halogens is 1. The van der Waals surface area contributed by atoms with E-state index in [4.69, 9.17) is 16.3 Å². The smallest absolute Gasteiger partial charge is 0.118 e. The van der Waals surface area contributed by atoms with Crippen molar-refractivity contribution in [1.82, 2.24) is 4.90 Å². The van der Waals surface area contributed by atoms with E-state index < -0.39 is 5.60 Å². The summed E-state index contributed by atoms with van der Waals surface area (Å²) in [6, 6.07) is 15.8. The van der Waals surface area contributed by atoms with Crippen molar-refractivity contribution in [2.24, 2.45) is 5.92 Å². The molecular weight excluding hydrogens is 358 g/mol. The number of methoxy groups -OCH3 is 1. The summed E-state index contributed by atoms with van der Waals surface area (Å²) in [7, 11) is 5.78. The summed E-state index contributed by atoms with van der Waals surface area (Å²) in [6.45, 7) is 0.848. The van der Waals surface area contributed by atoms with Gasteiger partial charge in [0, 0.05) is 23.9 Å². The molecule has 3 rings (SSSR count). The van der Waals surface area contributed by atoms with Crippen LogP contribution in [0.25, 0.3) is 6.08 Å². The van der Waals surface area contributed by atoms with Crippen molar-refractivity contribution in [3.05, 3.63) is 70.3 Å². The van der Waals surface area contributed by atoms with E-state index in [9.17, 15) is 5.11 Å². The predicted octanol–water partition coefficient (Wildman–Crippen LogP) is 4.68. The van der Waals surface area contributed by atoms with E-state index in [0.717, 1.165) is 41.8 Å². The van der Waals surface area contributed by atoms with Gasteiger partial charge in [-0.3, -0.25) is 0 Å². The quantitative estimate of drug-likeness (QED) is 0.783. The zero-order valence-electron chi connectivity index (χ0n) is 16.3. The molecule has 0 spiro atoms. The van der Waals surface area contributed by atoms with Crippen molar-refractivity contribution in [1.29, 1.82) is 0 Å². The minimum absolute atomic E-state index is 0.174. The van der Waals surface area contributed by atoms with Crippen LogP contribution in [0.3, 0.4) is 0 Å². The van der Waals surface area contributed by atoms with E-state index in [1.165, 1.54) is 0 Å². The molecule has 4 heteroatoms. The second kappa shape index (κ2) is 8.47. The Balaban J connectivity index is 1.95. The zero-order chi connectivity index (χ0) is 19.4. The second-order valence-corrected chi connectivity index (χ2v) is 8.04. The molecule has 1 aliphatic rings. The van der Waals surface area contributed by atoms with E-state index in [1.54, 1.807) is 7.11 Å². The first kappa shape index (κ1) is 19.9. The fraction of sp³-hybridized carbons (Fsp3) is 0.391. The van der Waals surface area contributed by atoms with Gasteiger partial charge in [-0.25, -0.2) is 0 Å². The van der Waals surface area contributed by atoms with Crippen molar-refractivity contribution < 1.29 is 9.84 Å². The van der Waals surface area contributed by atoms with Crippen molar-refractivity contribution in [2.45, 2.75) is 24.9 Å². The van der Waals surface area contributed by atoms with Crippen LogP contribution in [0.2, 0.25) is 5.02 Å². The molecule has 1 saturated carbocycles. The van der Waals surface area contributed by atoms with Crippen LogP contribution in [0.5, 0.6) is 5.75 Å². The lowest BCUT2D eigenvalue weighted by Gasteiger charge is -2.34. The number of aliphatic hydroxyl groups is 1. The summed E-state index contributed by atoms with van der Waals surface area (Å²) in [5.74, 6) is 1.01. The highest BCUT2D eigenvalue weighted by Crippen LogP contribution is 2.44. The van der Waals surface area contributed by atoms with Gasteiger partial charge in [0.05, 0.1) is 12.7 Å². The molecule has 2 atom stereocenters. The number of hydrogen-bond acceptors (Lipinski definition) is 3. The minimum atomic E-state index is -0.894. The third-order valence-corrected chi connectivity index (χ3v) is 5.82. The fourth-order valence-electron chi connectivity index (χ4n) is 4.02. The Labute approximate surface area is 167 Å². The third kappa shape index (κ3) is 4.55. The van der Waals surface area contributed by atoms with E-state index in [2.05, 4.69) is 25.1 Å². The van der Waals surface area contributed by atoms with Crippen molar-refractivity contribution in [2.75, 3.05) is 27.7 Å². The highest BCUT2D eigenvalue weighted by Gasteiger charge is 2.45. The first-order valence-electron chi connectivity index (χ1n) is 9.38. The molecule has 2 aromatic carbocycles. The van der Waals surface area contributed by atoms with Gasteiger partial charge >= 0.3 is 0 Å². The molecule has 0 amide bonds. The molecule has 0 heterocycles. The third-order valence-electron chi connectivity index (χ3n) is 5.45. The molecule has 0 saturated heterocycles. The van der Waals surface area contributed by atoms with Crippen LogP contribution in [-0.2, 0) is 6.42 Å². The van der Waals surface area contributed by atoms with Gasteiger partial charge in [-0.1, -0.05) is 48.0 Å². The Kier molecular flexibility index (Phi) is 6.25. The normalized spacial score (nSPS) is 23.9. The number of hydrogen-bond donors (Lipinski definition) is 1. The van der Waals surface area contributed by atoms with E-state index in [0.29, 0.717) is 11.4 Å². The van der Waals surface area contributed by atoms with Gasteiger partial charge in [0.25, 0.3) is 0 Å². The van der Waals surface area contributed by atoms with Crippen LogP contribution in [0, 0.1) is 5.92 Å². The van der Waals surface area contributed by atoms with Crippen LogP contribution in [-0.4, -0.2) is 43.4 Å². The van der Waals surface area contributed by atoms with Gasteiger partial charge in [0.2, 0.25) is 0 Å². The molecule has 0 aliphatic heterocycles. The molecule has 2 unspecified atom stereocenters. The topological polar surface area (TPSA) is 32.7 Å². The zero-order valence-corrected chi connectivity index (χ0v) is 17.0. The number of benzene rings is 2. The van der Waals surface area contributed by atoms with Crippen LogP contribution in [0.15, 0.2) is 54.1 Å². The molecule has 1 fully saturated rings. The molecular formula is C23H28ClNO2. The molecule has 1 N–H and O–H groups in total. The Morgan fingerprint density at radius 1 is 1.19 bits per heavy atom. The van der Waals surface area contributed by atoms with Crippen molar-refractivity contribution >= 4 is 17.7 Å². The predicted molar refractivity (Wildman–Crippen MR) is 112 cm³/mol. The maximum absolute atomic E-state index is 11.8. The molecule has 0 radical (unpaired) electrons. The Bertz CT molecular complexity index is 800. The van der Waals surface area contributed by atoms with Crippen LogP contribution in [0.4, 0.5) is 0 Å². The molecule has 27 heavy (non-hydrogen) atoms. The summed E-state index contributed by atoms with van der Waals surface area (Å²) >= 11 is 6.40. The average molecular weight is 386 g/mol. The molecule has 144 valence electrons. The van der Waals surface area contributed by atoms with E-state index >= 15 is 0 Å². The summed E-state index contributed by atoms with van der Waals surface area (Å²) < 4.78 is 5.24. The monoisotopic (exact) mass is 385 g/mol. The van der Waals surface area contributed by atoms with Gasteiger partial charge < -0.3 is 14.7 Å². The largest absolute Gasteiger partial charge is 0.497 e. The highest BCUT2D eigenvalue weighted by atomic mass is 35.5. The summed E-state index contributed by atoms with van der Waals surface area (Å²) in [6.07, 6.45) is 4.53. The molecule has 0 aromatic heterocycles. The molecule has 3 nitrogen and oxygen atoms in total. The average Bonchev–Trinajstić information content (AvgIpc) is 2.93. The first-order valence-corrected chi connectivity index (χ1v) is 9.76. The van der Waals surface area contributed by atoms with Gasteiger partial charge in [-0.2, -0.15) is 0 Å². The lowest BCUT2D eigenvalue weighted by molar-refractivity contribution is 0.0257. The first-order chi connectivity index (χ1) is 12.9. The number of nitrogens with zero attached hydrogens (tertiary/aromatic N) is 1. The van der Waals surface area contributed by atoms with Gasteiger partial charge in [0.15, 0.2) is 0 Å². The van der Waals surface area contributed by atoms with Crippen LogP contribution < -0.4 is 4.74 Å². The van der Waals surface area contributed by atoms with Gasteiger partial charge in [-0.05, 0) is 61.8 Å². The van der Waals surface area contributed by atoms with Gasteiger partial charge in [-0.15, -0.1) is 0 Å². The highest BCUT2D eigenvalue weighted by molar-refractivity contribution is 6.31. The van der Waals surface area contributed by atoms with Crippen LogP contribution >= 0.6 is 11.6 Å². The lowest BCUT2D eigenvalue weighted by Crippen LogP contribution is -2.42. The Hall–Kier alpha value is -1.81. The standard InChI is InChI=1S/C23H28ClNO2/c1-25(2)16-20-11-10-19(14-17-8-12-21(27-3)13-9-17)23(20,26)15-18-6-4-5-7-22(18)24/h4-9,12-14,20,26H,10-11,15-16H2,1-3H3/b19-14+. The number of rotatable bonds is 6. The SMILES string of the molecule is COc1ccc(/C=C2\CCC(CN(C)C)C2(O)Cc2ccccc2Cl)cc1. The van der Waals surface area contributed by atoms with E-state index in [-0.39, 0.29) is 5.92 Å². The molecule has 0 bridgehead atoms. The van der Waals surface area contributed by atoms with E-state index in [1.807, 2.05) is 48.5 Å². The van der Waals surface area contributed by atoms with Crippen molar-refractivity contribution in [3.63, 3.8) is 0 Å². The van der Waals surface area contributed by atoms with Crippen LogP contribution in [0.1, 0.15) is 24.0 Å². The Morgan fingerprint density at radius 3 is 2.52 bits per heavy atom. The molecule has 1 aliphatic carbocycles. The molecule has 2 aromatic rings. The maximum Gasteiger partial charge on any atom is 0.118 e. The fourth-order valence-corrected chi connectivity index (χ4v) is 4.22. The summed E-state index contributed by atoms with van der Waals surface area (Å²) in [5.41, 5.74) is 2.26. The number of ether oxygens (including phenoxy) is 1. The maximum atomic E-state index is 11.8. The summed E-state index contributed by atoms with van der Waals surface area (Å²) in [4.78, 5) is 2.15. The van der Waals surface area contributed by atoms with Gasteiger partial charge in [0.1, 0.15) is 5.75 Å². The minimum Gasteiger partial charge on any atom is -0.497 e. The lowest BCUT2D eigenvalue weighted by atomic mass is 9.81. The van der Waals surface area contributed by atoms with Crippen molar-refractivity contribution in [3.8, 4) is 5.75 Å². The summed E-state index contributed by atoms with van der Waals surface area (Å²) in [5, 5.41) is 12.5. The second-order valence-electron chi connectivity index (χ2n) is 7.63. The Morgan fingerprint density at radius 2 is 1.89 bits per heavy atom.